The van der Waals surface area contributed by atoms with Crippen molar-refractivity contribution in [3.63, 3.8) is 0 Å². The van der Waals surface area contributed by atoms with Crippen LogP contribution in [0.3, 0.4) is 0 Å². The van der Waals surface area contributed by atoms with Gasteiger partial charge in [-0.05, 0) is 53.4 Å². The van der Waals surface area contributed by atoms with Crippen LogP contribution in [0.4, 0.5) is 13.2 Å². The minimum absolute atomic E-state index is 0.00881. The van der Waals surface area contributed by atoms with Crippen LogP contribution in [0.1, 0.15) is 53.4 Å². The first-order chi connectivity index (χ1) is 11.0. The third-order valence-corrected chi connectivity index (χ3v) is 6.02. The molecule has 2 N–H and O–H groups in total. The van der Waals surface area contributed by atoms with Gasteiger partial charge in [-0.2, -0.15) is 13.2 Å². The molecule has 8 heteroatoms. The van der Waals surface area contributed by atoms with Gasteiger partial charge in [0.2, 0.25) is 0 Å². The Hall–Kier alpha value is -0.790. The molecule has 4 nitrogen and oxygen atoms in total. The maximum absolute atomic E-state index is 12.7. The van der Waals surface area contributed by atoms with Gasteiger partial charge in [0.25, 0.3) is 0 Å². The predicted octanol–water partition coefficient (Wildman–Crippen LogP) is 3.21. The molecule has 1 saturated carbocycles. The molecular formula is C16H30F3N3OS. The van der Waals surface area contributed by atoms with E-state index in [9.17, 15) is 17.4 Å². The van der Waals surface area contributed by atoms with Gasteiger partial charge in [-0.3, -0.25) is 9.20 Å². The highest BCUT2D eigenvalue weighted by Crippen LogP contribution is 2.37. The molecule has 0 aromatic carbocycles. The maximum atomic E-state index is 12.7. The molecule has 0 radical (unpaired) electrons. The number of nitrogens with one attached hydrogen (secondary N) is 2. The number of nitrogens with zero attached hydrogens (tertiary/aromatic N) is 1. The Kier molecular flexibility index (Phi) is 8.02. The standard InChI is InChI=1S/C16H30F3N3OS/c1-5-20-14(21-10-11-24(23)15(2,3)4)22-13-8-6-12(7-9-13)16(17,18)19/h12-13H,5-11H2,1-4H3,(H2,20,21,22). The average molecular weight is 369 g/mol. The zero-order valence-electron chi connectivity index (χ0n) is 15.0. The van der Waals surface area contributed by atoms with Crippen LogP contribution in [0.25, 0.3) is 0 Å². The van der Waals surface area contributed by atoms with Gasteiger partial charge in [0.05, 0.1) is 12.5 Å². The van der Waals surface area contributed by atoms with E-state index in [-0.39, 0.29) is 23.6 Å². The molecule has 0 heterocycles. The fourth-order valence-electron chi connectivity index (χ4n) is 2.62. The number of rotatable bonds is 5. The van der Waals surface area contributed by atoms with E-state index in [0.29, 0.717) is 37.6 Å². The van der Waals surface area contributed by atoms with Gasteiger partial charge in [0.15, 0.2) is 5.96 Å². The summed E-state index contributed by atoms with van der Waals surface area (Å²) in [7, 11) is -0.967. The van der Waals surface area contributed by atoms with Gasteiger partial charge >= 0.3 is 6.18 Å². The number of hydrogen-bond donors (Lipinski definition) is 2. The molecule has 142 valence electrons. The summed E-state index contributed by atoms with van der Waals surface area (Å²) >= 11 is 0. The molecule has 0 aromatic heterocycles. The first kappa shape index (κ1) is 21.3. The van der Waals surface area contributed by atoms with E-state index in [0.717, 1.165) is 0 Å². The summed E-state index contributed by atoms with van der Waals surface area (Å²) in [5.74, 6) is -0.107. The van der Waals surface area contributed by atoms with Crippen LogP contribution in [0, 0.1) is 5.92 Å². The van der Waals surface area contributed by atoms with Crippen molar-refractivity contribution >= 4 is 16.8 Å². The molecule has 0 aliphatic heterocycles. The second-order valence-corrected chi connectivity index (χ2v) is 9.48. The van der Waals surface area contributed by atoms with Gasteiger partial charge in [-0.1, -0.05) is 0 Å². The Morgan fingerprint density at radius 2 is 1.75 bits per heavy atom. The molecule has 0 aromatic rings. The lowest BCUT2D eigenvalue weighted by Crippen LogP contribution is -2.46. The molecule has 1 rings (SSSR count). The number of guanidine groups is 1. The van der Waals surface area contributed by atoms with Gasteiger partial charge in [0, 0.05) is 33.9 Å². The lowest BCUT2D eigenvalue weighted by Gasteiger charge is -2.31. The fourth-order valence-corrected chi connectivity index (χ4v) is 3.49. The topological polar surface area (TPSA) is 53.5 Å². The van der Waals surface area contributed by atoms with Crippen molar-refractivity contribution in [2.45, 2.75) is 70.3 Å². The molecule has 1 aliphatic rings. The average Bonchev–Trinajstić information content (AvgIpc) is 2.46. The summed E-state index contributed by atoms with van der Waals surface area (Å²) in [4.78, 5) is 4.41. The summed E-state index contributed by atoms with van der Waals surface area (Å²) in [6.07, 6.45) is -2.78. The monoisotopic (exact) mass is 369 g/mol. The number of aliphatic imine (C=N–C) groups is 1. The number of halogens is 3. The summed E-state index contributed by atoms with van der Waals surface area (Å²) in [6.45, 7) is 8.81. The van der Waals surface area contributed by atoms with Crippen molar-refractivity contribution in [1.29, 1.82) is 0 Å². The van der Waals surface area contributed by atoms with Crippen LogP contribution < -0.4 is 10.6 Å². The lowest BCUT2D eigenvalue weighted by atomic mass is 9.85. The molecule has 1 fully saturated rings. The maximum Gasteiger partial charge on any atom is 0.391 e. The largest absolute Gasteiger partial charge is 0.391 e. The Morgan fingerprint density at radius 3 is 2.21 bits per heavy atom. The minimum atomic E-state index is -4.08. The lowest BCUT2D eigenvalue weighted by molar-refractivity contribution is -0.182. The Labute approximate surface area is 145 Å². The van der Waals surface area contributed by atoms with Crippen LogP contribution in [-0.4, -0.2) is 46.0 Å². The molecule has 1 unspecified atom stereocenters. The Morgan fingerprint density at radius 1 is 1.17 bits per heavy atom. The molecule has 0 spiro atoms. The third kappa shape index (κ3) is 7.40. The van der Waals surface area contributed by atoms with Crippen molar-refractivity contribution in [3.8, 4) is 0 Å². The van der Waals surface area contributed by atoms with Crippen LogP contribution in [0.2, 0.25) is 0 Å². The summed E-state index contributed by atoms with van der Waals surface area (Å²) < 4.78 is 49.9. The van der Waals surface area contributed by atoms with Crippen LogP contribution in [0.5, 0.6) is 0 Å². The predicted molar refractivity (Wildman–Crippen MR) is 93.7 cm³/mol. The van der Waals surface area contributed by atoms with Crippen molar-refractivity contribution in [3.05, 3.63) is 0 Å². The van der Waals surface area contributed by atoms with Crippen LogP contribution >= 0.6 is 0 Å². The highest BCUT2D eigenvalue weighted by atomic mass is 32.2. The number of alkyl halides is 3. The first-order valence-electron chi connectivity index (χ1n) is 8.54. The van der Waals surface area contributed by atoms with Crippen LogP contribution in [0.15, 0.2) is 4.99 Å². The fraction of sp³-hybridized carbons (Fsp3) is 0.938. The third-order valence-electron chi connectivity index (χ3n) is 4.10. The number of hydrogen-bond acceptors (Lipinski definition) is 2. The molecule has 1 aliphatic carbocycles. The van der Waals surface area contributed by atoms with Crippen molar-refractivity contribution < 1.29 is 17.4 Å². The normalized spacial score (nSPS) is 24.5. The molecular weight excluding hydrogens is 339 g/mol. The summed E-state index contributed by atoms with van der Waals surface area (Å²) in [5, 5.41) is 6.32. The van der Waals surface area contributed by atoms with E-state index in [1.807, 2.05) is 27.7 Å². The molecule has 0 bridgehead atoms. The zero-order chi connectivity index (χ0) is 18.4. The van der Waals surface area contributed by atoms with Gasteiger partial charge in [0.1, 0.15) is 0 Å². The summed E-state index contributed by atoms with van der Waals surface area (Å²) in [5.41, 5.74) is 0. The highest BCUT2D eigenvalue weighted by molar-refractivity contribution is 7.86. The van der Waals surface area contributed by atoms with Crippen molar-refractivity contribution in [2.75, 3.05) is 18.8 Å². The summed E-state index contributed by atoms with van der Waals surface area (Å²) in [6, 6.07) is 0.00881. The second kappa shape index (κ2) is 9.06. The van der Waals surface area contributed by atoms with Crippen LogP contribution in [-0.2, 0) is 10.8 Å². The second-order valence-electron chi connectivity index (χ2n) is 7.16. The van der Waals surface area contributed by atoms with E-state index < -0.39 is 22.9 Å². The minimum Gasteiger partial charge on any atom is -0.357 e. The van der Waals surface area contributed by atoms with Gasteiger partial charge in [-0.25, -0.2) is 0 Å². The molecule has 0 amide bonds. The molecule has 24 heavy (non-hydrogen) atoms. The highest BCUT2D eigenvalue weighted by Gasteiger charge is 2.41. The van der Waals surface area contributed by atoms with Crippen molar-refractivity contribution in [1.82, 2.24) is 10.6 Å². The van der Waals surface area contributed by atoms with E-state index >= 15 is 0 Å². The smallest absolute Gasteiger partial charge is 0.357 e. The van der Waals surface area contributed by atoms with E-state index in [1.165, 1.54) is 0 Å². The van der Waals surface area contributed by atoms with E-state index in [4.69, 9.17) is 0 Å². The van der Waals surface area contributed by atoms with Gasteiger partial charge in [-0.15, -0.1) is 0 Å². The molecule has 0 saturated heterocycles. The zero-order valence-corrected chi connectivity index (χ0v) is 15.8. The van der Waals surface area contributed by atoms with Gasteiger partial charge < -0.3 is 10.6 Å². The van der Waals surface area contributed by atoms with Crippen molar-refractivity contribution in [2.24, 2.45) is 10.9 Å². The Bertz CT molecular complexity index is 439. The Balaban J connectivity index is 2.49. The van der Waals surface area contributed by atoms with E-state index in [1.54, 1.807) is 0 Å². The van der Waals surface area contributed by atoms with E-state index in [2.05, 4.69) is 15.6 Å². The quantitative estimate of drug-likeness (QED) is 0.578. The SMILES string of the molecule is CCNC(=NCCS(=O)C(C)(C)C)NC1CCC(C(F)(F)F)CC1. The first-order valence-corrected chi connectivity index (χ1v) is 9.86. The molecule has 1 atom stereocenters.